The number of fused-ring (bicyclic) bond motifs is 2. The molecule has 0 bridgehead atoms. The predicted octanol–water partition coefficient (Wildman–Crippen LogP) is 5.51. The number of alkyl halides is 1. The molecule has 0 N–H and O–H groups in total. The first-order valence-corrected chi connectivity index (χ1v) is 9.93. The maximum Gasteiger partial charge on any atom is 0.165 e. The Bertz CT molecular complexity index is 568. The molecule has 0 spiro atoms. The van der Waals surface area contributed by atoms with Crippen molar-refractivity contribution in [3.05, 3.63) is 34.9 Å². The zero-order chi connectivity index (χ0) is 15.1. The molecule has 4 rings (SSSR count). The molecular weight excluding hydrogens is 336 g/mol. The molecule has 4 aliphatic carbocycles. The lowest BCUT2D eigenvalue weighted by Crippen LogP contribution is -2.25. The van der Waals surface area contributed by atoms with Crippen molar-refractivity contribution in [3.8, 4) is 0 Å². The molecule has 0 aliphatic heterocycles. The summed E-state index contributed by atoms with van der Waals surface area (Å²) >= 11 is 3.71. The van der Waals surface area contributed by atoms with Crippen LogP contribution in [-0.2, 0) is 4.79 Å². The van der Waals surface area contributed by atoms with Crippen molar-refractivity contribution in [2.24, 2.45) is 17.8 Å². The van der Waals surface area contributed by atoms with E-state index in [-0.39, 0.29) is 5.92 Å². The SMILES string of the molecule is O=C(C1=CC2CC3=C(CCCC3)C2C=C1)C1CCCC(Br)C1. The highest BCUT2D eigenvalue weighted by Gasteiger charge is 2.36. The summed E-state index contributed by atoms with van der Waals surface area (Å²) in [7, 11) is 0. The molecule has 0 amide bonds. The first-order chi connectivity index (χ1) is 10.7. The van der Waals surface area contributed by atoms with Crippen molar-refractivity contribution in [2.45, 2.75) is 62.6 Å². The van der Waals surface area contributed by atoms with Crippen molar-refractivity contribution in [1.29, 1.82) is 0 Å². The Kier molecular flexibility index (Phi) is 4.15. The smallest absolute Gasteiger partial charge is 0.165 e. The van der Waals surface area contributed by atoms with Gasteiger partial charge in [0.1, 0.15) is 0 Å². The van der Waals surface area contributed by atoms with E-state index in [1.807, 2.05) is 0 Å². The van der Waals surface area contributed by atoms with E-state index in [9.17, 15) is 4.79 Å². The van der Waals surface area contributed by atoms with Gasteiger partial charge in [-0.1, -0.05) is 51.7 Å². The summed E-state index contributed by atoms with van der Waals surface area (Å²) in [6, 6.07) is 0. The van der Waals surface area contributed by atoms with Crippen LogP contribution < -0.4 is 0 Å². The van der Waals surface area contributed by atoms with Crippen LogP contribution in [-0.4, -0.2) is 10.6 Å². The summed E-state index contributed by atoms with van der Waals surface area (Å²) in [5, 5.41) is 0. The summed E-state index contributed by atoms with van der Waals surface area (Å²) in [6.45, 7) is 0. The summed E-state index contributed by atoms with van der Waals surface area (Å²) in [4.78, 5) is 13.4. The molecule has 2 heteroatoms. The van der Waals surface area contributed by atoms with Crippen LogP contribution >= 0.6 is 15.9 Å². The molecule has 118 valence electrons. The zero-order valence-electron chi connectivity index (χ0n) is 13.2. The molecule has 1 saturated carbocycles. The van der Waals surface area contributed by atoms with Crippen LogP contribution in [0, 0.1) is 17.8 Å². The first-order valence-electron chi connectivity index (χ1n) is 9.01. The van der Waals surface area contributed by atoms with Gasteiger partial charge in [-0.2, -0.15) is 0 Å². The minimum Gasteiger partial charge on any atom is -0.294 e. The molecule has 4 atom stereocenters. The summed E-state index contributed by atoms with van der Waals surface area (Å²) < 4.78 is 0. The second kappa shape index (κ2) is 6.11. The Labute approximate surface area is 142 Å². The van der Waals surface area contributed by atoms with Crippen LogP contribution in [0.1, 0.15) is 57.8 Å². The highest BCUT2D eigenvalue weighted by Crippen LogP contribution is 2.47. The van der Waals surface area contributed by atoms with Gasteiger partial charge in [-0.05, 0) is 57.3 Å². The maximum atomic E-state index is 12.8. The molecule has 0 saturated heterocycles. The zero-order valence-corrected chi connectivity index (χ0v) is 14.8. The average molecular weight is 361 g/mol. The van der Waals surface area contributed by atoms with E-state index in [4.69, 9.17) is 0 Å². The van der Waals surface area contributed by atoms with E-state index < -0.39 is 0 Å². The number of hydrogen-bond donors (Lipinski definition) is 0. The fourth-order valence-corrected chi connectivity index (χ4v) is 5.75. The number of allylic oxidation sites excluding steroid dienone is 6. The third-order valence-electron chi connectivity index (χ3n) is 6.12. The van der Waals surface area contributed by atoms with Gasteiger partial charge in [0.2, 0.25) is 0 Å². The van der Waals surface area contributed by atoms with Gasteiger partial charge in [-0.15, -0.1) is 0 Å². The Hall–Kier alpha value is -0.630. The molecule has 4 unspecified atom stereocenters. The molecule has 0 radical (unpaired) electrons. The van der Waals surface area contributed by atoms with E-state index in [1.165, 1.54) is 44.9 Å². The van der Waals surface area contributed by atoms with Crippen molar-refractivity contribution in [3.63, 3.8) is 0 Å². The second-order valence-electron chi connectivity index (χ2n) is 7.54. The molecule has 1 nitrogen and oxygen atoms in total. The monoisotopic (exact) mass is 360 g/mol. The Balaban J connectivity index is 1.49. The molecular formula is C20H25BrO. The average Bonchev–Trinajstić information content (AvgIpc) is 2.91. The van der Waals surface area contributed by atoms with Crippen molar-refractivity contribution in [1.82, 2.24) is 0 Å². The molecule has 4 aliphatic rings. The van der Waals surface area contributed by atoms with Gasteiger partial charge in [-0.25, -0.2) is 0 Å². The van der Waals surface area contributed by atoms with Gasteiger partial charge in [0.05, 0.1) is 0 Å². The molecule has 0 aromatic carbocycles. The van der Waals surface area contributed by atoms with E-state index in [0.717, 1.165) is 18.4 Å². The third kappa shape index (κ3) is 2.68. The van der Waals surface area contributed by atoms with Crippen LogP contribution in [0.4, 0.5) is 0 Å². The highest BCUT2D eigenvalue weighted by atomic mass is 79.9. The topological polar surface area (TPSA) is 17.1 Å². The Morgan fingerprint density at radius 2 is 2.00 bits per heavy atom. The second-order valence-corrected chi connectivity index (χ2v) is 8.83. The third-order valence-corrected chi connectivity index (χ3v) is 6.95. The number of halogens is 1. The number of carbonyl (C=O) groups excluding carboxylic acids is 1. The minimum absolute atomic E-state index is 0.245. The highest BCUT2D eigenvalue weighted by molar-refractivity contribution is 9.09. The lowest BCUT2D eigenvalue weighted by molar-refractivity contribution is -0.119. The van der Waals surface area contributed by atoms with Gasteiger partial charge in [-0.3, -0.25) is 4.79 Å². The van der Waals surface area contributed by atoms with E-state index in [2.05, 4.69) is 34.2 Å². The van der Waals surface area contributed by atoms with E-state index in [1.54, 1.807) is 11.1 Å². The molecule has 1 fully saturated rings. The number of rotatable bonds is 2. The minimum atomic E-state index is 0.245. The Morgan fingerprint density at radius 1 is 1.14 bits per heavy atom. The van der Waals surface area contributed by atoms with Crippen molar-refractivity contribution >= 4 is 21.7 Å². The number of carbonyl (C=O) groups is 1. The molecule has 0 heterocycles. The first kappa shape index (κ1) is 14.9. The maximum absolute atomic E-state index is 12.8. The van der Waals surface area contributed by atoms with Crippen LogP contribution in [0.2, 0.25) is 0 Å². The largest absolute Gasteiger partial charge is 0.294 e. The van der Waals surface area contributed by atoms with Gasteiger partial charge in [0, 0.05) is 22.2 Å². The molecule has 0 aromatic rings. The van der Waals surface area contributed by atoms with Crippen LogP contribution in [0.5, 0.6) is 0 Å². The van der Waals surface area contributed by atoms with Crippen LogP contribution in [0.15, 0.2) is 34.9 Å². The number of ketones is 1. The van der Waals surface area contributed by atoms with Crippen LogP contribution in [0.3, 0.4) is 0 Å². The standard InChI is InChI=1S/C20H25BrO/c21-17-6-3-5-14(12-17)20(22)15-8-9-19-16(11-15)10-13-4-1-2-7-18(13)19/h8-9,11,14,16-17,19H,1-7,10,12H2. The lowest BCUT2D eigenvalue weighted by atomic mass is 9.78. The van der Waals surface area contributed by atoms with Crippen LogP contribution in [0.25, 0.3) is 0 Å². The van der Waals surface area contributed by atoms with E-state index in [0.29, 0.717) is 22.4 Å². The predicted molar refractivity (Wildman–Crippen MR) is 94.0 cm³/mol. The van der Waals surface area contributed by atoms with Gasteiger partial charge in [0.25, 0.3) is 0 Å². The lowest BCUT2D eigenvalue weighted by Gasteiger charge is -2.27. The van der Waals surface area contributed by atoms with Crippen molar-refractivity contribution < 1.29 is 4.79 Å². The summed E-state index contributed by atoms with van der Waals surface area (Å²) in [6.07, 6.45) is 17.9. The van der Waals surface area contributed by atoms with Gasteiger partial charge < -0.3 is 0 Å². The summed E-state index contributed by atoms with van der Waals surface area (Å²) in [5.74, 6) is 1.84. The fourth-order valence-electron chi connectivity index (χ4n) is 4.98. The number of Topliss-reactive ketones (excluding diaryl/α,β-unsaturated/α-hetero) is 1. The molecule has 22 heavy (non-hydrogen) atoms. The fraction of sp³-hybridized carbons (Fsp3) is 0.650. The normalized spacial score (nSPS) is 37.6. The van der Waals surface area contributed by atoms with Crippen molar-refractivity contribution in [2.75, 3.05) is 0 Å². The summed E-state index contributed by atoms with van der Waals surface area (Å²) in [5.41, 5.74) is 4.44. The van der Waals surface area contributed by atoms with Gasteiger partial charge >= 0.3 is 0 Å². The Morgan fingerprint density at radius 3 is 2.86 bits per heavy atom. The number of hydrogen-bond acceptors (Lipinski definition) is 1. The van der Waals surface area contributed by atoms with Gasteiger partial charge in [0.15, 0.2) is 5.78 Å². The van der Waals surface area contributed by atoms with E-state index >= 15 is 0 Å². The molecule has 0 aromatic heterocycles. The quantitative estimate of drug-likeness (QED) is 0.468.